The van der Waals surface area contributed by atoms with Gasteiger partial charge >= 0.3 is 0 Å². The Bertz CT molecular complexity index is 514. The largest absolute Gasteiger partial charge is 0.328 e. The number of hydrogen-bond donors (Lipinski definition) is 0. The van der Waals surface area contributed by atoms with Crippen LogP contribution in [0.15, 0.2) is 24.5 Å². The maximum absolute atomic E-state index is 4.69. The van der Waals surface area contributed by atoms with E-state index < -0.39 is 0 Å². The zero-order chi connectivity index (χ0) is 11.7. The average molecular weight is 227 g/mol. The zero-order valence-corrected chi connectivity index (χ0v) is 10.2. The first-order valence-corrected chi connectivity index (χ1v) is 6.28. The van der Waals surface area contributed by atoms with Crippen LogP contribution in [0.2, 0.25) is 0 Å². The summed E-state index contributed by atoms with van der Waals surface area (Å²) in [6.45, 7) is 3.01. The molecular weight excluding hydrogens is 210 g/mol. The van der Waals surface area contributed by atoms with Gasteiger partial charge in [0.25, 0.3) is 0 Å². The summed E-state index contributed by atoms with van der Waals surface area (Å²) in [6, 6.07) is 4.12. The topological polar surface area (TPSA) is 30.7 Å². The van der Waals surface area contributed by atoms with Gasteiger partial charge in [-0.2, -0.15) is 0 Å². The highest BCUT2D eigenvalue weighted by Crippen LogP contribution is 2.22. The Kier molecular flexibility index (Phi) is 2.67. The van der Waals surface area contributed by atoms with E-state index in [1.807, 2.05) is 18.5 Å². The van der Waals surface area contributed by atoms with Crippen molar-refractivity contribution < 1.29 is 0 Å². The fourth-order valence-electron chi connectivity index (χ4n) is 2.62. The second kappa shape index (κ2) is 4.32. The van der Waals surface area contributed by atoms with E-state index in [9.17, 15) is 0 Å². The second-order valence-corrected chi connectivity index (χ2v) is 4.71. The quantitative estimate of drug-likeness (QED) is 0.789. The van der Waals surface area contributed by atoms with Crippen molar-refractivity contribution in [3.05, 3.63) is 47.3 Å². The van der Waals surface area contributed by atoms with Gasteiger partial charge in [0.15, 0.2) is 0 Å². The Balaban J connectivity index is 1.95. The van der Waals surface area contributed by atoms with E-state index in [1.165, 1.54) is 36.2 Å². The van der Waals surface area contributed by atoms with Gasteiger partial charge in [-0.3, -0.25) is 4.98 Å². The fourth-order valence-corrected chi connectivity index (χ4v) is 2.62. The van der Waals surface area contributed by atoms with Crippen LogP contribution in [-0.2, 0) is 19.4 Å². The van der Waals surface area contributed by atoms with Crippen LogP contribution in [0.4, 0.5) is 0 Å². The van der Waals surface area contributed by atoms with Crippen molar-refractivity contribution in [2.75, 3.05) is 0 Å². The number of fused-ring (bicyclic) bond motifs is 1. The second-order valence-electron chi connectivity index (χ2n) is 4.71. The highest BCUT2D eigenvalue weighted by atomic mass is 15.1. The standard InChI is InChI=1S/C14H17N3/c1-11-16-13-6-2-3-7-14(13)17(11)10-12-5-4-8-15-9-12/h4-5,8-9H,2-3,6-7,10H2,1H3. The van der Waals surface area contributed by atoms with Crippen LogP contribution in [0.3, 0.4) is 0 Å². The van der Waals surface area contributed by atoms with Gasteiger partial charge in [-0.15, -0.1) is 0 Å². The molecule has 2 aromatic rings. The summed E-state index contributed by atoms with van der Waals surface area (Å²) in [4.78, 5) is 8.86. The van der Waals surface area contributed by atoms with Crippen LogP contribution in [0.1, 0.15) is 35.6 Å². The molecule has 0 fully saturated rings. The van der Waals surface area contributed by atoms with Crippen molar-refractivity contribution in [1.29, 1.82) is 0 Å². The lowest BCUT2D eigenvalue weighted by Gasteiger charge is -2.14. The van der Waals surface area contributed by atoms with Gasteiger partial charge in [0, 0.05) is 18.1 Å². The maximum atomic E-state index is 4.69. The van der Waals surface area contributed by atoms with Crippen LogP contribution in [-0.4, -0.2) is 14.5 Å². The molecule has 1 aliphatic carbocycles. The molecule has 3 rings (SSSR count). The number of aromatic nitrogens is 3. The first-order chi connectivity index (χ1) is 8.34. The van der Waals surface area contributed by atoms with E-state index in [-0.39, 0.29) is 0 Å². The number of hydrogen-bond acceptors (Lipinski definition) is 2. The number of rotatable bonds is 2. The minimum absolute atomic E-state index is 0.905. The van der Waals surface area contributed by atoms with Gasteiger partial charge in [0.2, 0.25) is 0 Å². The molecule has 2 aromatic heterocycles. The molecule has 3 nitrogen and oxygen atoms in total. The number of imidazole rings is 1. The fraction of sp³-hybridized carbons (Fsp3) is 0.429. The number of nitrogens with zero attached hydrogens (tertiary/aromatic N) is 3. The van der Waals surface area contributed by atoms with Crippen LogP contribution >= 0.6 is 0 Å². The van der Waals surface area contributed by atoms with Crippen LogP contribution in [0, 0.1) is 6.92 Å². The molecule has 0 unspecified atom stereocenters. The summed E-state index contributed by atoms with van der Waals surface area (Å²) in [7, 11) is 0. The third kappa shape index (κ3) is 1.97. The van der Waals surface area contributed by atoms with Gasteiger partial charge in [0.1, 0.15) is 5.82 Å². The molecule has 0 spiro atoms. The number of pyridine rings is 1. The average Bonchev–Trinajstić information content (AvgIpc) is 2.68. The van der Waals surface area contributed by atoms with Gasteiger partial charge in [-0.1, -0.05) is 6.07 Å². The summed E-state index contributed by atoms with van der Waals surface area (Å²) in [5.41, 5.74) is 4.01. The van der Waals surface area contributed by atoms with E-state index in [0.29, 0.717) is 0 Å². The molecule has 0 atom stereocenters. The maximum Gasteiger partial charge on any atom is 0.106 e. The lowest BCUT2D eigenvalue weighted by Crippen LogP contribution is -2.10. The lowest BCUT2D eigenvalue weighted by atomic mass is 10.0. The molecule has 0 aliphatic heterocycles. The molecule has 0 amide bonds. The summed E-state index contributed by atoms with van der Waals surface area (Å²) in [6.07, 6.45) is 8.67. The summed E-state index contributed by atoms with van der Waals surface area (Å²) in [5.74, 6) is 1.14. The highest BCUT2D eigenvalue weighted by molar-refractivity contribution is 5.22. The van der Waals surface area contributed by atoms with Gasteiger partial charge in [-0.25, -0.2) is 4.98 Å². The molecule has 0 bridgehead atoms. The minimum Gasteiger partial charge on any atom is -0.328 e. The van der Waals surface area contributed by atoms with E-state index in [4.69, 9.17) is 0 Å². The Labute approximate surface area is 102 Å². The van der Waals surface area contributed by atoms with Gasteiger partial charge in [0.05, 0.1) is 12.2 Å². The van der Waals surface area contributed by atoms with Gasteiger partial charge in [-0.05, 0) is 44.2 Å². The van der Waals surface area contributed by atoms with E-state index in [0.717, 1.165) is 18.8 Å². The molecule has 2 heterocycles. The summed E-state index contributed by atoms with van der Waals surface area (Å²) in [5, 5.41) is 0. The molecule has 17 heavy (non-hydrogen) atoms. The Hall–Kier alpha value is -1.64. The first kappa shape index (κ1) is 10.5. The molecular formula is C14H17N3. The molecule has 0 radical (unpaired) electrons. The predicted molar refractivity (Wildman–Crippen MR) is 66.9 cm³/mol. The van der Waals surface area contributed by atoms with E-state index in [1.54, 1.807) is 0 Å². The summed E-state index contributed by atoms with van der Waals surface area (Å²) >= 11 is 0. The smallest absolute Gasteiger partial charge is 0.106 e. The van der Waals surface area contributed by atoms with Crippen LogP contribution in [0.25, 0.3) is 0 Å². The first-order valence-electron chi connectivity index (χ1n) is 6.28. The van der Waals surface area contributed by atoms with Crippen molar-refractivity contribution in [3.8, 4) is 0 Å². The third-order valence-corrected chi connectivity index (χ3v) is 3.49. The molecule has 0 saturated heterocycles. The monoisotopic (exact) mass is 227 g/mol. The Morgan fingerprint density at radius 1 is 1.29 bits per heavy atom. The Morgan fingerprint density at radius 3 is 3.00 bits per heavy atom. The molecule has 0 aromatic carbocycles. The van der Waals surface area contributed by atoms with Crippen LogP contribution < -0.4 is 0 Å². The molecule has 88 valence electrons. The van der Waals surface area contributed by atoms with E-state index >= 15 is 0 Å². The normalized spacial score (nSPS) is 14.6. The van der Waals surface area contributed by atoms with Crippen molar-refractivity contribution >= 4 is 0 Å². The molecule has 0 saturated carbocycles. The van der Waals surface area contributed by atoms with Crippen molar-refractivity contribution in [3.63, 3.8) is 0 Å². The molecule has 3 heteroatoms. The van der Waals surface area contributed by atoms with Crippen LogP contribution in [0.5, 0.6) is 0 Å². The SMILES string of the molecule is Cc1nc2c(n1Cc1cccnc1)CCCC2. The Morgan fingerprint density at radius 2 is 2.18 bits per heavy atom. The number of aryl methyl sites for hydroxylation is 2. The van der Waals surface area contributed by atoms with Gasteiger partial charge < -0.3 is 4.57 Å². The zero-order valence-electron chi connectivity index (χ0n) is 10.2. The van der Waals surface area contributed by atoms with Crippen molar-refractivity contribution in [2.45, 2.75) is 39.2 Å². The predicted octanol–water partition coefficient (Wildman–Crippen LogP) is 2.51. The minimum atomic E-state index is 0.905. The molecule has 0 N–H and O–H groups in total. The highest BCUT2D eigenvalue weighted by Gasteiger charge is 2.17. The molecule has 1 aliphatic rings. The third-order valence-electron chi connectivity index (χ3n) is 3.49. The van der Waals surface area contributed by atoms with Crippen molar-refractivity contribution in [2.24, 2.45) is 0 Å². The lowest BCUT2D eigenvalue weighted by molar-refractivity contribution is 0.624. The summed E-state index contributed by atoms with van der Waals surface area (Å²) < 4.78 is 2.35. The van der Waals surface area contributed by atoms with E-state index in [2.05, 4.69) is 27.5 Å². The van der Waals surface area contributed by atoms with Crippen molar-refractivity contribution in [1.82, 2.24) is 14.5 Å².